The molecule has 0 bridgehead atoms. The first-order valence-corrected chi connectivity index (χ1v) is 10.3. The van der Waals surface area contributed by atoms with Crippen molar-refractivity contribution in [1.29, 1.82) is 0 Å². The number of anilines is 1. The van der Waals surface area contributed by atoms with E-state index < -0.39 is 0 Å². The normalized spacial score (nSPS) is 14.2. The molecule has 1 aliphatic rings. The van der Waals surface area contributed by atoms with Gasteiger partial charge < -0.3 is 19.8 Å². The second-order valence-electron chi connectivity index (χ2n) is 7.35. The van der Waals surface area contributed by atoms with Crippen molar-refractivity contribution in [2.24, 2.45) is 0 Å². The van der Waals surface area contributed by atoms with Gasteiger partial charge in [-0.25, -0.2) is 0 Å². The van der Waals surface area contributed by atoms with Crippen molar-refractivity contribution in [3.05, 3.63) is 89.4 Å². The molecule has 0 spiro atoms. The molecule has 1 saturated heterocycles. The standard InChI is InChI=1S/C24H25N3O4/c28-23(18-7-3-8-21(15-18)26-24(29)22-9-4-12-31-22)25-16-19-5-1-2-6-20(19)17-27-10-13-30-14-11-27/h1-9,12,15H,10-11,13-14,16-17H2,(H,25,28)(H,26,29). The van der Waals surface area contributed by atoms with Crippen molar-refractivity contribution >= 4 is 17.5 Å². The number of carbonyl (C=O) groups excluding carboxylic acids is 2. The largest absolute Gasteiger partial charge is 0.459 e. The smallest absolute Gasteiger partial charge is 0.291 e. The second-order valence-corrected chi connectivity index (χ2v) is 7.35. The van der Waals surface area contributed by atoms with Crippen molar-refractivity contribution < 1.29 is 18.7 Å². The molecule has 7 heteroatoms. The SMILES string of the molecule is O=C(NCc1ccccc1CN1CCOCC1)c1cccc(NC(=O)c2ccco2)c1. The van der Waals surface area contributed by atoms with Crippen LogP contribution in [0, 0.1) is 0 Å². The number of furan rings is 1. The predicted octanol–water partition coefficient (Wildman–Crippen LogP) is 3.29. The van der Waals surface area contributed by atoms with E-state index in [1.807, 2.05) is 18.2 Å². The fourth-order valence-corrected chi connectivity index (χ4v) is 3.50. The van der Waals surface area contributed by atoms with Gasteiger partial charge in [-0.05, 0) is 41.5 Å². The summed E-state index contributed by atoms with van der Waals surface area (Å²) in [5.74, 6) is -0.346. The van der Waals surface area contributed by atoms with E-state index in [-0.39, 0.29) is 17.6 Å². The Morgan fingerprint density at radius 2 is 1.71 bits per heavy atom. The van der Waals surface area contributed by atoms with Crippen LogP contribution in [0.5, 0.6) is 0 Å². The van der Waals surface area contributed by atoms with Crippen LogP contribution < -0.4 is 10.6 Å². The number of benzene rings is 2. The topological polar surface area (TPSA) is 83.8 Å². The van der Waals surface area contributed by atoms with Crippen LogP contribution >= 0.6 is 0 Å². The van der Waals surface area contributed by atoms with E-state index in [1.54, 1.807) is 36.4 Å². The summed E-state index contributed by atoms with van der Waals surface area (Å²) in [6.45, 7) is 4.61. The predicted molar refractivity (Wildman–Crippen MR) is 117 cm³/mol. The van der Waals surface area contributed by atoms with Crippen molar-refractivity contribution in [2.45, 2.75) is 13.1 Å². The molecule has 0 unspecified atom stereocenters. The van der Waals surface area contributed by atoms with Gasteiger partial charge in [-0.15, -0.1) is 0 Å². The second kappa shape index (κ2) is 10.1. The van der Waals surface area contributed by atoms with Crippen LogP contribution in [0.2, 0.25) is 0 Å². The van der Waals surface area contributed by atoms with Crippen LogP contribution in [0.1, 0.15) is 32.0 Å². The van der Waals surface area contributed by atoms with Crippen LogP contribution in [0.15, 0.2) is 71.3 Å². The van der Waals surface area contributed by atoms with E-state index in [1.165, 1.54) is 11.8 Å². The summed E-state index contributed by atoms with van der Waals surface area (Å²) in [7, 11) is 0. The highest BCUT2D eigenvalue weighted by Crippen LogP contribution is 2.15. The van der Waals surface area contributed by atoms with E-state index in [9.17, 15) is 9.59 Å². The Balaban J connectivity index is 1.37. The minimum atomic E-state index is -0.361. The Kier molecular flexibility index (Phi) is 6.76. The summed E-state index contributed by atoms with van der Waals surface area (Å²) in [4.78, 5) is 27.2. The quantitative estimate of drug-likeness (QED) is 0.614. The van der Waals surface area contributed by atoms with E-state index in [4.69, 9.17) is 9.15 Å². The van der Waals surface area contributed by atoms with Gasteiger partial charge in [-0.2, -0.15) is 0 Å². The Morgan fingerprint density at radius 1 is 0.903 bits per heavy atom. The molecule has 1 aliphatic heterocycles. The molecular weight excluding hydrogens is 394 g/mol. The van der Waals surface area contributed by atoms with Gasteiger partial charge in [0.2, 0.25) is 0 Å². The molecule has 4 rings (SSSR count). The zero-order valence-corrected chi connectivity index (χ0v) is 17.2. The minimum absolute atomic E-state index is 0.199. The van der Waals surface area contributed by atoms with E-state index in [0.717, 1.165) is 38.4 Å². The molecule has 2 amide bonds. The number of hydrogen-bond donors (Lipinski definition) is 2. The van der Waals surface area contributed by atoms with Gasteiger partial charge in [-0.3, -0.25) is 14.5 Å². The number of ether oxygens (including phenoxy) is 1. The molecule has 1 aromatic heterocycles. The van der Waals surface area contributed by atoms with Crippen LogP contribution in [0.4, 0.5) is 5.69 Å². The van der Waals surface area contributed by atoms with Crippen molar-refractivity contribution in [1.82, 2.24) is 10.2 Å². The number of nitrogens with zero attached hydrogens (tertiary/aromatic N) is 1. The van der Waals surface area contributed by atoms with Gasteiger partial charge in [0.25, 0.3) is 11.8 Å². The lowest BCUT2D eigenvalue weighted by atomic mass is 10.1. The first-order valence-electron chi connectivity index (χ1n) is 10.3. The summed E-state index contributed by atoms with van der Waals surface area (Å²) in [6.07, 6.45) is 1.44. The number of carbonyl (C=O) groups is 2. The third kappa shape index (κ3) is 5.59. The Labute approximate surface area is 181 Å². The molecule has 0 atom stereocenters. The molecule has 0 saturated carbocycles. The van der Waals surface area contributed by atoms with Gasteiger partial charge in [0.05, 0.1) is 19.5 Å². The number of rotatable bonds is 7. The summed E-state index contributed by atoms with van der Waals surface area (Å²) in [6, 6.07) is 18.2. The Bertz CT molecular complexity index is 1030. The molecule has 0 aliphatic carbocycles. The first-order chi connectivity index (χ1) is 15.2. The average Bonchev–Trinajstić information content (AvgIpc) is 3.34. The summed E-state index contributed by atoms with van der Waals surface area (Å²) >= 11 is 0. The first kappa shape index (κ1) is 20.8. The maximum Gasteiger partial charge on any atom is 0.291 e. The third-order valence-electron chi connectivity index (χ3n) is 5.18. The van der Waals surface area contributed by atoms with Crippen LogP contribution in [-0.4, -0.2) is 43.0 Å². The van der Waals surface area contributed by atoms with Gasteiger partial charge >= 0.3 is 0 Å². The van der Waals surface area contributed by atoms with Crippen LogP contribution in [-0.2, 0) is 17.8 Å². The molecule has 1 fully saturated rings. The molecular formula is C24H25N3O4. The van der Waals surface area contributed by atoms with E-state index in [0.29, 0.717) is 17.8 Å². The van der Waals surface area contributed by atoms with Crippen LogP contribution in [0.25, 0.3) is 0 Å². The molecule has 160 valence electrons. The maximum absolute atomic E-state index is 12.7. The zero-order valence-electron chi connectivity index (χ0n) is 17.2. The van der Waals surface area contributed by atoms with Crippen molar-refractivity contribution in [2.75, 3.05) is 31.6 Å². The summed E-state index contributed by atoms with van der Waals surface area (Å²) < 4.78 is 10.5. The number of amides is 2. The van der Waals surface area contributed by atoms with E-state index in [2.05, 4.69) is 21.6 Å². The number of hydrogen-bond acceptors (Lipinski definition) is 5. The van der Waals surface area contributed by atoms with Gasteiger partial charge in [0.1, 0.15) is 0 Å². The Hall–Kier alpha value is -3.42. The molecule has 2 heterocycles. The highest BCUT2D eigenvalue weighted by atomic mass is 16.5. The lowest BCUT2D eigenvalue weighted by Gasteiger charge is -2.27. The summed E-state index contributed by atoms with van der Waals surface area (Å²) in [5, 5.41) is 5.73. The maximum atomic E-state index is 12.7. The molecule has 2 N–H and O–H groups in total. The number of morpholine rings is 1. The minimum Gasteiger partial charge on any atom is -0.459 e. The number of nitrogens with one attached hydrogen (secondary N) is 2. The van der Waals surface area contributed by atoms with Gasteiger partial charge in [0.15, 0.2) is 5.76 Å². The molecule has 3 aromatic rings. The average molecular weight is 419 g/mol. The monoisotopic (exact) mass is 419 g/mol. The zero-order chi connectivity index (χ0) is 21.5. The van der Waals surface area contributed by atoms with Crippen molar-refractivity contribution in [3.63, 3.8) is 0 Å². The third-order valence-corrected chi connectivity index (χ3v) is 5.18. The highest BCUT2D eigenvalue weighted by Gasteiger charge is 2.14. The molecule has 2 aromatic carbocycles. The van der Waals surface area contributed by atoms with Gasteiger partial charge in [0, 0.05) is 37.4 Å². The molecule has 31 heavy (non-hydrogen) atoms. The Morgan fingerprint density at radius 3 is 2.48 bits per heavy atom. The van der Waals surface area contributed by atoms with Crippen molar-refractivity contribution in [3.8, 4) is 0 Å². The molecule has 7 nitrogen and oxygen atoms in total. The summed E-state index contributed by atoms with van der Waals surface area (Å²) in [5.41, 5.74) is 3.29. The fraction of sp³-hybridized carbons (Fsp3) is 0.250. The fourth-order valence-electron chi connectivity index (χ4n) is 3.50. The molecule has 0 radical (unpaired) electrons. The highest BCUT2D eigenvalue weighted by molar-refractivity contribution is 6.03. The lowest BCUT2D eigenvalue weighted by molar-refractivity contribution is 0.0340. The van der Waals surface area contributed by atoms with E-state index >= 15 is 0 Å². The lowest BCUT2D eigenvalue weighted by Crippen LogP contribution is -2.36. The van der Waals surface area contributed by atoms with Crippen LogP contribution in [0.3, 0.4) is 0 Å². The van der Waals surface area contributed by atoms with Gasteiger partial charge in [-0.1, -0.05) is 30.3 Å².